The molecule has 0 saturated carbocycles. The summed E-state index contributed by atoms with van der Waals surface area (Å²) in [4.78, 5) is 27.7. The smallest absolute Gasteiger partial charge is 0.198 e. The summed E-state index contributed by atoms with van der Waals surface area (Å²) in [5.74, 6) is -1.46. The van der Waals surface area contributed by atoms with Crippen LogP contribution in [0.4, 0.5) is 5.69 Å². The SMILES string of the molecule is CN(C)c1ccc(Cc2cc(O)c3c(c2O)C(=O)c2ccccc2C3=O)cc1. The molecule has 4 rings (SSSR count). The third kappa shape index (κ3) is 2.72. The number of carbonyl (C=O) groups excluding carboxylic acids is 2. The summed E-state index contributed by atoms with van der Waals surface area (Å²) in [7, 11) is 3.89. The number of anilines is 1. The molecule has 0 aliphatic heterocycles. The summed E-state index contributed by atoms with van der Waals surface area (Å²) < 4.78 is 0. The molecule has 5 heteroatoms. The average molecular weight is 373 g/mol. The number of hydrogen-bond acceptors (Lipinski definition) is 5. The first-order chi connectivity index (χ1) is 13.4. The molecule has 1 aliphatic rings. The van der Waals surface area contributed by atoms with E-state index < -0.39 is 11.6 Å². The van der Waals surface area contributed by atoms with E-state index in [0.29, 0.717) is 12.0 Å². The number of hydrogen-bond donors (Lipinski definition) is 2. The van der Waals surface area contributed by atoms with Gasteiger partial charge in [-0.25, -0.2) is 0 Å². The quantitative estimate of drug-likeness (QED) is 0.537. The predicted molar refractivity (Wildman–Crippen MR) is 107 cm³/mol. The fraction of sp³-hybridized carbons (Fsp3) is 0.130. The third-order valence-corrected chi connectivity index (χ3v) is 5.08. The Hall–Kier alpha value is -3.60. The number of nitrogens with zero attached hydrogens (tertiary/aromatic N) is 1. The second kappa shape index (κ2) is 6.53. The molecular weight excluding hydrogens is 354 g/mol. The van der Waals surface area contributed by atoms with Crippen molar-refractivity contribution in [3.05, 3.63) is 88.0 Å². The van der Waals surface area contributed by atoms with E-state index in [9.17, 15) is 19.8 Å². The minimum atomic E-state index is -0.458. The monoisotopic (exact) mass is 373 g/mol. The highest BCUT2D eigenvalue weighted by atomic mass is 16.3. The number of phenolic OH excluding ortho intramolecular Hbond substituents is 2. The molecule has 0 bridgehead atoms. The van der Waals surface area contributed by atoms with Gasteiger partial charge in [0.25, 0.3) is 0 Å². The maximum atomic E-state index is 12.9. The van der Waals surface area contributed by atoms with Gasteiger partial charge < -0.3 is 15.1 Å². The minimum Gasteiger partial charge on any atom is -0.507 e. The van der Waals surface area contributed by atoms with Crippen LogP contribution in [0.1, 0.15) is 43.0 Å². The Morgan fingerprint density at radius 3 is 1.96 bits per heavy atom. The highest BCUT2D eigenvalue weighted by Gasteiger charge is 2.35. The molecule has 1 aliphatic carbocycles. The third-order valence-electron chi connectivity index (χ3n) is 5.08. The zero-order valence-corrected chi connectivity index (χ0v) is 15.6. The summed E-state index contributed by atoms with van der Waals surface area (Å²) in [5.41, 5.74) is 2.57. The normalized spacial score (nSPS) is 12.5. The zero-order chi connectivity index (χ0) is 20.0. The lowest BCUT2D eigenvalue weighted by Gasteiger charge is -2.21. The number of fused-ring (bicyclic) bond motifs is 2. The Balaban J connectivity index is 1.79. The van der Waals surface area contributed by atoms with Gasteiger partial charge >= 0.3 is 0 Å². The topological polar surface area (TPSA) is 77.8 Å². The molecule has 0 amide bonds. The van der Waals surface area contributed by atoms with Gasteiger partial charge in [0.2, 0.25) is 0 Å². The molecule has 0 spiro atoms. The Morgan fingerprint density at radius 2 is 1.39 bits per heavy atom. The van der Waals surface area contributed by atoms with Crippen LogP contribution in [0.15, 0.2) is 54.6 Å². The molecule has 0 fully saturated rings. The van der Waals surface area contributed by atoms with Crippen molar-refractivity contribution >= 4 is 17.3 Å². The Bertz CT molecular complexity index is 1110. The van der Waals surface area contributed by atoms with E-state index >= 15 is 0 Å². The molecule has 5 nitrogen and oxygen atoms in total. The summed E-state index contributed by atoms with van der Waals surface area (Å²) in [6.45, 7) is 0. The Morgan fingerprint density at radius 1 is 0.821 bits per heavy atom. The molecule has 0 saturated heterocycles. The highest BCUT2D eigenvalue weighted by molar-refractivity contribution is 6.30. The molecule has 140 valence electrons. The van der Waals surface area contributed by atoms with E-state index in [1.54, 1.807) is 24.3 Å². The van der Waals surface area contributed by atoms with Crippen LogP contribution in [0.2, 0.25) is 0 Å². The van der Waals surface area contributed by atoms with Gasteiger partial charge in [0, 0.05) is 42.9 Å². The standard InChI is InChI=1S/C23H19NO4/c1-24(2)15-9-7-13(8-10-15)11-14-12-18(25)19-20(21(14)26)23(28)17-6-4-3-5-16(17)22(19)27/h3-10,12,25-26H,11H2,1-2H3. The maximum absolute atomic E-state index is 12.9. The van der Waals surface area contributed by atoms with Crippen LogP contribution < -0.4 is 4.90 Å². The van der Waals surface area contributed by atoms with Crippen LogP contribution in [-0.2, 0) is 6.42 Å². The largest absolute Gasteiger partial charge is 0.507 e. The number of phenols is 2. The van der Waals surface area contributed by atoms with Gasteiger partial charge in [0.05, 0.1) is 11.1 Å². The summed E-state index contributed by atoms with van der Waals surface area (Å²) in [6, 6.07) is 15.6. The van der Waals surface area contributed by atoms with Crippen molar-refractivity contribution in [3.63, 3.8) is 0 Å². The van der Waals surface area contributed by atoms with Crippen molar-refractivity contribution in [1.29, 1.82) is 0 Å². The molecule has 3 aromatic carbocycles. The summed E-state index contributed by atoms with van der Waals surface area (Å²) in [6.07, 6.45) is 0.323. The van der Waals surface area contributed by atoms with Gasteiger partial charge in [0.15, 0.2) is 11.6 Å². The number of rotatable bonds is 3. The lowest BCUT2D eigenvalue weighted by atomic mass is 9.81. The highest BCUT2D eigenvalue weighted by Crippen LogP contribution is 2.40. The number of aromatic hydroxyl groups is 2. The Kier molecular flexibility index (Phi) is 4.15. The van der Waals surface area contributed by atoms with Crippen LogP contribution in [0.5, 0.6) is 11.5 Å². The van der Waals surface area contributed by atoms with E-state index in [2.05, 4.69) is 0 Å². The van der Waals surface area contributed by atoms with Gasteiger partial charge in [0.1, 0.15) is 11.5 Å². The molecular formula is C23H19NO4. The molecule has 3 aromatic rings. The van der Waals surface area contributed by atoms with Crippen LogP contribution in [0, 0.1) is 0 Å². The van der Waals surface area contributed by atoms with Crippen molar-refractivity contribution in [2.75, 3.05) is 19.0 Å². The van der Waals surface area contributed by atoms with Gasteiger partial charge in [-0.05, 0) is 23.8 Å². The fourth-order valence-corrected chi connectivity index (χ4v) is 3.58. The lowest BCUT2D eigenvalue weighted by molar-refractivity contribution is 0.0974. The molecule has 0 unspecified atom stereocenters. The summed E-state index contributed by atoms with van der Waals surface area (Å²) >= 11 is 0. The first kappa shape index (κ1) is 17.8. The van der Waals surface area contributed by atoms with Gasteiger partial charge in [-0.3, -0.25) is 9.59 Å². The van der Waals surface area contributed by atoms with Gasteiger partial charge in [-0.15, -0.1) is 0 Å². The number of carbonyl (C=O) groups is 2. The van der Waals surface area contributed by atoms with Crippen molar-refractivity contribution in [3.8, 4) is 11.5 Å². The van der Waals surface area contributed by atoms with Gasteiger partial charge in [-0.2, -0.15) is 0 Å². The van der Waals surface area contributed by atoms with Crippen molar-refractivity contribution in [1.82, 2.24) is 0 Å². The van der Waals surface area contributed by atoms with E-state index in [4.69, 9.17) is 0 Å². The second-order valence-corrected chi connectivity index (χ2v) is 7.09. The first-order valence-electron chi connectivity index (χ1n) is 8.91. The molecule has 0 atom stereocenters. The van der Waals surface area contributed by atoms with E-state index in [1.807, 2.05) is 43.3 Å². The lowest BCUT2D eigenvalue weighted by Crippen LogP contribution is -2.21. The Labute approximate surface area is 162 Å². The molecule has 2 N–H and O–H groups in total. The van der Waals surface area contributed by atoms with Crippen molar-refractivity contribution < 1.29 is 19.8 Å². The summed E-state index contributed by atoms with van der Waals surface area (Å²) in [5, 5.41) is 21.3. The predicted octanol–water partition coefficient (Wildman–Crippen LogP) is 3.53. The zero-order valence-electron chi connectivity index (χ0n) is 15.6. The van der Waals surface area contributed by atoms with Crippen molar-refractivity contribution in [2.45, 2.75) is 6.42 Å². The molecule has 0 radical (unpaired) electrons. The van der Waals surface area contributed by atoms with E-state index in [1.165, 1.54) is 6.07 Å². The minimum absolute atomic E-state index is 0.122. The number of ketones is 2. The van der Waals surface area contributed by atoms with E-state index in [0.717, 1.165) is 11.3 Å². The second-order valence-electron chi connectivity index (χ2n) is 7.09. The van der Waals surface area contributed by atoms with Crippen LogP contribution in [0.3, 0.4) is 0 Å². The van der Waals surface area contributed by atoms with Crippen LogP contribution in [0.25, 0.3) is 0 Å². The van der Waals surface area contributed by atoms with E-state index in [-0.39, 0.29) is 33.8 Å². The number of benzene rings is 3. The molecule has 0 heterocycles. The molecule has 28 heavy (non-hydrogen) atoms. The fourth-order valence-electron chi connectivity index (χ4n) is 3.58. The maximum Gasteiger partial charge on any atom is 0.198 e. The first-order valence-corrected chi connectivity index (χ1v) is 8.91. The molecule has 0 aromatic heterocycles. The van der Waals surface area contributed by atoms with Crippen molar-refractivity contribution in [2.24, 2.45) is 0 Å². The average Bonchev–Trinajstić information content (AvgIpc) is 2.69. The van der Waals surface area contributed by atoms with Crippen LogP contribution >= 0.6 is 0 Å². The van der Waals surface area contributed by atoms with Gasteiger partial charge in [-0.1, -0.05) is 36.4 Å². The van der Waals surface area contributed by atoms with Crippen LogP contribution in [-0.4, -0.2) is 35.9 Å².